The van der Waals surface area contributed by atoms with Gasteiger partial charge in [0.05, 0.1) is 32.0 Å². The third-order valence-corrected chi connectivity index (χ3v) is 5.24. The number of carboxylic acid groups (broad SMARTS) is 1. The van der Waals surface area contributed by atoms with E-state index in [0.717, 1.165) is 0 Å². The van der Waals surface area contributed by atoms with E-state index < -0.39 is 18.0 Å². The number of hydrogen-bond donors (Lipinski definition) is 3. The Labute approximate surface area is 196 Å². The number of ether oxygens (including phenoxy) is 1. The second-order valence-electron chi connectivity index (χ2n) is 7.47. The van der Waals surface area contributed by atoms with Crippen molar-refractivity contribution in [2.24, 2.45) is 7.05 Å². The van der Waals surface area contributed by atoms with Gasteiger partial charge in [-0.05, 0) is 23.3 Å². The van der Waals surface area contributed by atoms with E-state index in [-0.39, 0.29) is 25.1 Å². The normalized spacial score (nSPS) is 11.5. The van der Waals surface area contributed by atoms with Gasteiger partial charge in [-0.25, -0.2) is 14.3 Å². The fraction of sp³-hybridized carbons (Fsp3) is 0.250. The number of carbonyl (C=O) groups excluding carboxylic acids is 1. The van der Waals surface area contributed by atoms with Gasteiger partial charge >= 0.3 is 12.0 Å². The largest absolute Gasteiger partial charge is 0.494 e. The van der Waals surface area contributed by atoms with E-state index >= 15 is 0 Å². The summed E-state index contributed by atoms with van der Waals surface area (Å²) in [5, 5.41) is 25.5. The lowest BCUT2D eigenvalue weighted by atomic mass is 10.0. The molecule has 0 aliphatic carbocycles. The molecule has 0 aliphatic rings. The number of aliphatic hydroxyl groups is 1. The van der Waals surface area contributed by atoms with Gasteiger partial charge in [0.25, 0.3) is 5.56 Å². The van der Waals surface area contributed by atoms with Gasteiger partial charge in [-0.3, -0.25) is 9.69 Å². The summed E-state index contributed by atoms with van der Waals surface area (Å²) in [6.45, 7) is -0.265. The average molecular weight is 466 g/mol. The van der Waals surface area contributed by atoms with Crippen LogP contribution in [0.1, 0.15) is 5.56 Å². The average Bonchev–Trinajstić information content (AvgIpc) is 2.84. The lowest BCUT2D eigenvalue weighted by molar-refractivity contribution is -0.139. The number of aryl methyl sites for hydroxylation is 1. The number of urea groups is 1. The fourth-order valence-corrected chi connectivity index (χ4v) is 3.47. The summed E-state index contributed by atoms with van der Waals surface area (Å²) in [6.07, 6.45) is 1.47. The topological polar surface area (TPSA) is 134 Å². The summed E-state index contributed by atoms with van der Waals surface area (Å²) in [6, 6.07) is 13.6. The molecule has 2 amide bonds. The first-order valence-corrected chi connectivity index (χ1v) is 10.5. The van der Waals surface area contributed by atoms with Crippen LogP contribution in [0.4, 0.5) is 10.5 Å². The molecule has 1 aromatic heterocycles. The maximum atomic E-state index is 12.8. The monoisotopic (exact) mass is 466 g/mol. The molecule has 3 N–H and O–H groups in total. The van der Waals surface area contributed by atoms with Crippen molar-refractivity contribution >= 4 is 17.7 Å². The first-order valence-electron chi connectivity index (χ1n) is 10.5. The molecule has 10 nitrogen and oxygen atoms in total. The van der Waals surface area contributed by atoms with Crippen LogP contribution in [0, 0.1) is 0 Å². The number of carbonyl (C=O) groups is 2. The van der Waals surface area contributed by atoms with Crippen LogP contribution in [0.2, 0.25) is 0 Å². The lowest BCUT2D eigenvalue weighted by Gasteiger charge is -2.24. The van der Waals surface area contributed by atoms with Crippen LogP contribution in [-0.2, 0) is 18.3 Å². The summed E-state index contributed by atoms with van der Waals surface area (Å²) in [5.41, 5.74) is 1.80. The highest BCUT2D eigenvalue weighted by atomic mass is 16.5. The molecule has 3 aromatic rings. The summed E-state index contributed by atoms with van der Waals surface area (Å²) in [4.78, 5) is 38.5. The maximum Gasteiger partial charge on any atom is 0.326 e. The molecule has 1 atom stereocenters. The van der Waals surface area contributed by atoms with Crippen LogP contribution >= 0.6 is 0 Å². The molecule has 0 radical (unpaired) electrons. The molecule has 34 heavy (non-hydrogen) atoms. The standard InChI is InChI=1S/C24H26N4O6/c1-27-22(30)21(20(34-2)15-25-27)17-10-8-16(9-11-17)14-19(23(31)32)26-24(33)28(12-13-29)18-6-4-3-5-7-18/h3-11,15,19,29H,12-14H2,1-2H3,(H,26,33)(H,31,32)/t19-/m0/s1. The minimum absolute atomic E-state index is 0.0135. The molecule has 3 rings (SSSR count). The van der Waals surface area contributed by atoms with Crippen molar-refractivity contribution < 1.29 is 24.5 Å². The van der Waals surface area contributed by atoms with Crippen LogP contribution in [-0.4, -0.2) is 58.3 Å². The lowest BCUT2D eigenvalue weighted by Crippen LogP contribution is -2.49. The Morgan fingerprint density at radius 1 is 1.15 bits per heavy atom. The number of carboxylic acids is 1. The van der Waals surface area contributed by atoms with E-state index in [2.05, 4.69) is 10.4 Å². The minimum atomic E-state index is -1.20. The van der Waals surface area contributed by atoms with Crippen LogP contribution in [0.25, 0.3) is 11.1 Å². The van der Waals surface area contributed by atoms with E-state index in [1.54, 1.807) is 54.6 Å². The molecule has 0 spiro atoms. The molecule has 0 aliphatic heterocycles. The number of nitrogens with zero attached hydrogens (tertiary/aromatic N) is 3. The molecule has 178 valence electrons. The number of hydrogen-bond acceptors (Lipinski definition) is 6. The van der Waals surface area contributed by atoms with E-state index in [0.29, 0.717) is 28.1 Å². The number of amides is 2. The zero-order valence-corrected chi connectivity index (χ0v) is 18.8. The number of aliphatic hydroxyl groups excluding tert-OH is 1. The Hall–Kier alpha value is -4.18. The van der Waals surface area contributed by atoms with Crippen LogP contribution in [0.15, 0.2) is 65.6 Å². The summed E-state index contributed by atoms with van der Waals surface area (Å²) < 4.78 is 6.46. The van der Waals surface area contributed by atoms with E-state index in [1.807, 2.05) is 0 Å². The van der Waals surface area contributed by atoms with Crippen LogP contribution < -0.4 is 20.5 Å². The maximum absolute atomic E-state index is 12.8. The summed E-state index contributed by atoms with van der Waals surface area (Å²) in [7, 11) is 2.99. The van der Waals surface area contributed by atoms with Gasteiger partial charge in [0, 0.05) is 19.2 Å². The third kappa shape index (κ3) is 5.59. The second-order valence-corrected chi connectivity index (χ2v) is 7.47. The molecular formula is C24H26N4O6. The van der Waals surface area contributed by atoms with Gasteiger partial charge in [0.15, 0.2) is 5.75 Å². The summed E-state index contributed by atoms with van der Waals surface area (Å²) >= 11 is 0. The second kappa shape index (κ2) is 11.1. The zero-order chi connectivity index (χ0) is 24.7. The van der Waals surface area contributed by atoms with Crippen molar-refractivity contribution in [2.45, 2.75) is 12.5 Å². The number of para-hydroxylation sites is 1. The molecule has 0 saturated carbocycles. The van der Waals surface area contributed by atoms with E-state index in [4.69, 9.17) is 4.74 Å². The SMILES string of the molecule is COc1cnn(C)c(=O)c1-c1ccc(C[C@H](NC(=O)N(CCO)c2ccccc2)C(=O)O)cc1. The van der Waals surface area contributed by atoms with Crippen molar-refractivity contribution in [1.29, 1.82) is 0 Å². The van der Waals surface area contributed by atoms with E-state index in [1.165, 1.54) is 29.9 Å². The van der Waals surface area contributed by atoms with Crippen molar-refractivity contribution in [1.82, 2.24) is 15.1 Å². The molecule has 2 aromatic carbocycles. The van der Waals surface area contributed by atoms with Crippen LogP contribution in [0.5, 0.6) is 5.75 Å². The Kier molecular flexibility index (Phi) is 7.99. The molecular weight excluding hydrogens is 440 g/mol. The first-order chi connectivity index (χ1) is 16.3. The zero-order valence-electron chi connectivity index (χ0n) is 18.8. The third-order valence-electron chi connectivity index (χ3n) is 5.24. The van der Waals surface area contributed by atoms with Crippen LogP contribution in [0.3, 0.4) is 0 Å². The van der Waals surface area contributed by atoms with E-state index in [9.17, 15) is 24.6 Å². The molecule has 0 saturated heterocycles. The van der Waals surface area contributed by atoms with Gasteiger partial charge in [0.1, 0.15) is 6.04 Å². The number of methoxy groups -OCH3 is 1. The van der Waals surface area contributed by atoms with Gasteiger partial charge in [-0.2, -0.15) is 5.10 Å². The van der Waals surface area contributed by atoms with Crippen molar-refractivity contribution in [2.75, 3.05) is 25.2 Å². The first kappa shape index (κ1) is 24.5. The predicted octanol–water partition coefficient (Wildman–Crippen LogP) is 1.66. The minimum Gasteiger partial charge on any atom is -0.494 e. The Bertz CT molecular complexity index is 1190. The Morgan fingerprint density at radius 3 is 2.41 bits per heavy atom. The highest BCUT2D eigenvalue weighted by Crippen LogP contribution is 2.25. The number of nitrogens with one attached hydrogen (secondary N) is 1. The smallest absolute Gasteiger partial charge is 0.326 e. The molecule has 10 heteroatoms. The highest BCUT2D eigenvalue weighted by molar-refractivity contribution is 5.94. The van der Waals surface area contributed by atoms with Crippen molar-refractivity contribution in [3.8, 4) is 16.9 Å². The molecule has 0 fully saturated rings. The fourth-order valence-electron chi connectivity index (χ4n) is 3.47. The van der Waals surface area contributed by atoms with Gasteiger partial charge in [-0.1, -0.05) is 42.5 Å². The predicted molar refractivity (Wildman–Crippen MR) is 126 cm³/mol. The molecule has 0 bridgehead atoms. The van der Waals surface area contributed by atoms with Gasteiger partial charge in [0.2, 0.25) is 0 Å². The highest BCUT2D eigenvalue weighted by Gasteiger charge is 2.24. The Balaban J connectivity index is 1.79. The number of benzene rings is 2. The number of anilines is 1. The number of aliphatic carboxylic acids is 1. The van der Waals surface area contributed by atoms with Crippen molar-refractivity contribution in [3.05, 3.63) is 76.7 Å². The quantitative estimate of drug-likeness (QED) is 0.437. The number of aromatic nitrogens is 2. The van der Waals surface area contributed by atoms with Gasteiger partial charge < -0.3 is 20.3 Å². The molecule has 0 unspecified atom stereocenters. The number of rotatable bonds is 9. The summed E-state index contributed by atoms with van der Waals surface area (Å²) in [5.74, 6) is -0.865. The molecule has 1 heterocycles. The van der Waals surface area contributed by atoms with Crippen molar-refractivity contribution in [3.63, 3.8) is 0 Å². The Morgan fingerprint density at radius 2 is 1.82 bits per heavy atom. The van der Waals surface area contributed by atoms with Gasteiger partial charge in [-0.15, -0.1) is 0 Å².